The van der Waals surface area contributed by atoms with Crippen molar-refractivity contribution in [3.8, 4) is 0 Å². The highest BCUT2D eigenvalue weighted by molar-refractivity contribution is 7.10. The summed E-state index contributed by atoms with van der Waals surface area (Å²) < 4.78 is 0. The fourth-order valence-electron chi connectivity index (χ4n) is 1.57. The smallest absolute Gasteiger partial charge is 0.0553 e. The van der Waals surface area contributed by atoms with Crippen molar-refractivity contribution < 1.29 is 0 Å². The van der Waals surface area contributed by atoms with Crippen molar-refractivity contribution >= 4 is 11.3 Å². The SMILES string of the molecule is CCCCCCC(NN)c1cccs1. The second-order valence-electron chi connectivity index (χ2n) is 3.58. The first-order valence-corrected chi connectivity index (χ1v) is 6.26. The minimum Gasteiger partial charge on any atom is -0.271 e. The summed E-state index contributed by atoms with van der Waals surface area (Å²) in [5.41, 5.74) is 2.89. The molecule has 14 heavy (non-hydrogen) atoms. The van der Waals surface area contributed by atoms with Crippen LogP contribution < -0.4 is 11.3 Å². The van der Waals surface area contributed by atoms with Gasteiger partial charge in [0.05, 0.1) is 6.04 Å². The number of nitrogens with two attached hydrogens (primary N) is 1. The molecular weight excluding hydrogens is 192 g/mol. The van der Waals surface area contributed by atoms with E-state index in [4.69, 9.17) is 5.84 Å². The summed E-state index contributed by atoms with van der Waals surface area (Å²) in [5.74, 6) is 5.54. The molecule has 0 aliphatic heterocycles. The molecule has 1 heterocycles. The van der Waals surface area contributed by atoms with Crippen LogP contribution in [0.15, 0.2) is 17.5 Å². The molecule has 0 saturated heterocycles. The van der Waals surface area contributed by atoms with E-state index in [0.29, 0.717) is 6.04 Å². The Morgan fingerprint density at radius 1 is 1.43 bits per heavy atom. The number of hydrogen-bond donors (Lipinski definition) is 2. The van der Waals surface area contributed by atoms with E-state index in [0.717, 1.165) is 6.42 Å². The average Bonchev–Trinajstić information content (AvgIpc) is 2.71. The molecule has 0 amide bonds. The number of nitrogens with one attached hydrogen (secondary N) is 1. The van der Waals surface area contributed by atoms with Crippen molar-refractivity contribution in [3.05, 3.63) is 22.4 Å². The molecule has 3 heteroatoms. The number of hydrazine groups is 1. The molecule has 0 radical (unpaired) electrons. The first-order chi connectivity index (χ1) is 6.88. The highest BCUT2D eigenvalue weighted by Crippen LogP contribution is 2.23. The lowest BCUT2D eigenvalue weighted by atomic mass is 10.1. The van der Waals surface area contributed by atoms with Crippen molar-refractivity contribution in [1.29, 1.82) is 0 Å². The lowest BCUT2D eigenvalue weighted by Gasteiger charge is -2.13. The van der Waals surface area contributed by atoms with E-state index in [-0.39, 0.29) is 0 Å². The summed E-state index contributed by atoms with van der Waals surface area (Å²) in [6, 6.07) is 4.58. The highest BCUT2D eigenvalue weighted by Gasteiger charge is 2.09. The minimum absolute atomic E-state index is 0.354. The van der Waals surface area contributed by atoms with E-state index < -0.39 is 0 Å². The predicted molar refractivity (Wildman–Crippen MR) is 63.1 cm³/mol. The van der Waals surface area contributed by atoms with Crippen molar-refractivity contribution in [2.24, 2.45) is 5.84 Å². The third-order valence-electron chi connectivity index (χ3n) is 2.43. The van der Waals surface area contributed by atoms with Crippen LogP contribution in [0.1, 0.15) is 49.9 Å². The fraction of sp³-hybridized carbons (Fsp3) is 0.636. The quantitative estimate of drug-likeness (QED) is 0.414. The van der Waals surface area contributed by atoms with Crippen LogP contribution in [0.4, 0.5) is 0 Å². The normalized spacial score (nSPS) is 13.0. The lowest BCUT2D eigenvalue weighted by Crippen LogP contribution is -2.27. The molecule has 1 rings (SSSR count). The lowest BCUT2D eigenvalue weighted by molar-refractivity contribution is 0.488. The zero-order valence-electron chi connectivity index (χ0n) is 8.83. The molecule has 0 spiro atoms. The van der Waals surface area contributed by atoms with Crippen LogP contribution in [0.3, 0.4) is 0 Å². The van der Waals surface area contributed by atoms with Crippen LogP contribution in [0.5, 0.6) is 0 Å². The minimum atomic E-state index is 0.354. The van der Waals surface area contributed by atoms with E-state index in [1.54, 1.807) is 11.3 Å². The third-order valence-corrected chi connectivity index (χ3v) is 3.42. The van der Waals surface area contributed by atoms with Gasteiger partial charge >= 0.3 is 0 Å². The Hall–Kier alpha value is -0.380. The molecule has 0 aromatic carbocycles. The number of rotatable bonds is 7. The standard InChI is InChI=1S/C11H20N2S/c1-2-3-4-5-7-10(13-12)11-8-6-9-14-11/h6,8-10,13H,2-5,7,12H2,1H3. The van der Waals surface area contributed by atoms with Gasteiger partial charge in [0.25, 0.3) is 0 Å². The first kappa shape index (κ1) is 11.7. The molecule has 0 fully saturated rings. The van der Waals surface area contributed by atoms with Crippen LogP contribution in [0.2, 0.25) is 0 Å². The fourth-order valence-corrected chi connectivity index (χ4v) is 2.39. The van der Waals surface area contributed by atoms with Crippen molar-refractivity contribution in [2.45, 2.75) is 45.1 Å². The zero-order valence-corrected chi connectivity index (χ0v) is 9.65. The number of hydrogen-bond acceptors (Lipinski definition) is 3. The average molecular weight is 212 g/mol. The van der Waals surface area contributed by atoms with Crippen LogP contribution >= 0.6 is 11.3 Å². The second kappa shape index (κ2) is 6.98. The monoisotopic (exact) mass is 212 g/mol. The summed E-state index contributed by atoms with van der Waals surface area (Å²) in [4.78, 5) is 1.35. The zero-order chi connectivity index (χ0) is 10.2. The maximum Gasteiger partial charge on any atom is 0.0553 e. The molecule has 1 atom stereocenters. The van der Waals surface area contributed by atoms with Gasteiger partial charge in [0.1, 0.15) is 0 Å². The molecular formula is C11H20N2S. The maximum atomic E-state index is 5.54. The summed E-state index contributed by atoms with van der Waals surface area (Å²) in [6.45, 7) is 2.23. The molecule has 0 aliphatic rings. The molecule has 1 aromatic heterocycles. The van der Waals surface area contributed by atoms with E-state index in [9.17, 15) is 0 Å². The molecule has 0 bridgehead atoms. The molecule has 80 valence electrons. The Balaban J connectivity index is 2.26. The van der Waals surface area contributed by atoms with Gasteiger partial charge in [-0.25, -0.2) is 0 Å². The Kier molecular flexibility index (Phi) is 5.83. The molecule has 0 saturated carbocycles. The maximum absolute atomic E-state index is 5.54. The van der Waals surface area contributed by atoms with Crippen LogP contribution in [0.25, 0.3) is 0 Å². The Bertz CT molecular complexity index is 221. The summed E-state index contributed by atoms with van der Waals surface area (Å²) in [7, 11) is 0. The van der Waals surface area contributed by atoms with Crippen molar-refractivity contribution in [1.82, 2.24) is 5.43 Å². The van der Waals surface area contributed by atoms with Crippen LogP contribution in [0, 0.1) is 0 Å². The third kappa shape index (κ3) is 3.78. The van der Waals surface area contributed by atoms with Gasteiger partial charge in [-0.15, -0.1) is 11.3 Å². The Morgan fingerprint density at radius 2 is 2.29 bits per heavy atom. The van der Waals surface area contributed by atoms with E-state index in [1.807, 2.05) is 0 Å². The highest BCUT2D eigenvalue weighted by atomic mass is 32.1. The van der Waals surface area contributed by atoms with Gasteiger partial charge in [-0.2, -0.15) is 0 Å². The predicted octanol–water partition coefficient (Wildman–Crippen LogP) is 3.22. The largest absolute Gasteiger partial charge is 0.271 e. The molecule has 0 aliphatic carbocycles. The van der Waals surface area contributed by atoms with Gasteiger partial charge in [0.2, 0.25) is 0 Å². The van der Waals surface area contributed by atoms with Gasteiger partial charge in [0.15, 0.2) is 0 Å². The topological polar surface area (TPSA) is 38.0 Å². The van der Waals surface area contributed by atoms with Crippen molar-refractivity contribution in [2.75, 3.05) is 0 Å². The van der Waals surface area contributed by atoms with Crippen LogP contribution in [-0.2, 0) is 0 Å². The van der Waals surface area contributed by atoms with E-state index in [1.165, 1.54) is 30.6 Å². The van der Waals surface area contributed by atoms with Gasteiger partial charge in [-0.05, 0) is 17.9 Å². The number of thiophene rings is 1. The summed E-state index contributed by atoms with van der Waals surface area (Å²) >= 11 is 1.78. The Labute approximate surface area is 90.5 Å². The van der Waals surface area contributed by atoms with Gasteiger partial charge in [-0.1, -0.05) is 38.7 Å². The molecule has 2 nitrogen and oxygen atoms in total. The molecule has 3 N–H and O–H groups in total. The van der Waals surface area contributed by atoms with E-state index in [2.05, 4.69) is 29.9 Å². The number of unbranched alkanes of at least 4 members (excludes halogenated alkanes) is 3. The Morgan fingerprint density at radius 3 is 2.86 bits per heavy atom. The van der Waals surface area contributed by atoms with Crippen LogP contribution in [-0.4, -0.2) is 0 Å². The van der Waals surface area contributed by atoms with Crippen molar-refractivity contribution in [3.63, 3.8) is 0 Å². The van der Waals surface area contributed by atoms with Gasteiger partial charge in [-0.3, -0.25) is 11.3 Å². The van der Waals surface area contributed by atoms with Gasteiger partial charge < -0.3 is 0 Å². The summed E-state index contributed by atoms with van der Waals surface area (Å²) in [6.07, 6.45) is 6.36. The molecule has 1 unspecified atom stereocenters. The second-order valence-corrected chi connectivity index (χ2v) is 4.56. The van der Waals surface area contributed by atoms with E-state index >= 15 is 0 Å². The van der Waals surface area contributed by atoms with Gasteiger partial charge in [0, 0.05) is 4.88 Å². The summed E-state index contributed by atoms with van der Waals surface area (Å²) in [5, 5.41) is 2.10. The first-order valence-electron chi connectivity index (χ1n) is 5.38. The molecule has 1 aromatic rings.